The molecule has 0 aliphatic carbocycles. The first kappa shape index (κ1) is 7.87. The Balaban J connectivity index is 3.12. The van der Waals surface area contributed by atoms with Crippen LogP contribution in [0.5, 0.6) is 0 Å². The quantitative estimate of drug-likeness (QED) is 0.652. The normalized spacial score (nSPS) is 12.5. The number of H-pyrrole nitrogens is 1. The van der Waals surface area contributed by atoms with Gasteiger partial charge in [0.05, 0.1) is 12.0 Å². The van der Waals surface area contributed by atoms with Crippen LogP contribution in [0.2, 0.25) is 0 Å². The van der Waals surface area contributed by atoms with E-state index < -0.39 is 0 Å². The van der Waals surface area contributed by atoms with Gasteiger partial charge in [0, 0.05) is 11.9 Å². The molecule has 1 heterocycles. The second-order valence-corrected chi connectivity index (χ2v) is 2.86. The molecule has 1 rings (SSSR count). The SMILES string of the molecule is Cc1c[nH]c(C)c1C(C)C#N. The third-order valence-electron chi connectivity index (χ3n) is 1.96. The van der Waals surface area contributed by atoms with Gasteiger partial charge in [0.15, 0.2) is 0 Å². The molecule has 1 aromatic rings. The highest BCUT2D eigenvalue weighted by Gasteiger charge is 2.10. The van der Waals surface area contributed by atoms with Crippen molar-refractivity contribution in [3.05, 3.63) is 23.0 Å². The van der Waals surface area contributed by atoms with Crippen molar-refractivity contribution in [1.82, 2.24) is 4.98 Å². The van der Waals surface area contributed by atoms with Crippen LogP contribution in [0.15, 0.2) is 6.20 Å². The fraction of sp³-hybridized carbons (Fsp3) is 0.444. The van der Waals surface area contributed by atoms with Crippen molar-refractivity contribution in [2.24, 2.45) is 0 Å². The van der Waals surface area contributed by atoms with Gasteiger partial charge >= 0.3 is 0 Å². The van der Waals surface area contributed by atoms with Crippen LogP contribution >= 0.6 is 0 Å². The highest BCUT2D eigenvalue weighted by atomic mass is 14.7. The van der Waals surface area contributed by atoms with E-state index in [9.17, 15) is 0 Å². The van der Waals surface area contributed by atoms with Crippen LogP contribution in [-0.2, 0) is 0 Å². The summed E-state index contributed by atoms with van der Waals surface area (Å²) >= 11 is 0. The molecule has 58 valence electrons. The second kappa shape index (κ2) is 2.79. The van der Waals surface area contributed by atoms with E-state index in [4.69, 9.17) is 5.26 Å². The van der Waals surface area contributed by atoms with Gasteiger partial charge < -0.3 is 4.98 Å². The summed E-state index contributed by atoms with van der Waals surface area (Å²) in [7, 11) is 0. The first-order chi connectivity index (χ1) is 5.16. The summed E-state index contributed by atoms with van der Waals surface area (Å²) in [4.78, 5) is 3.10. The van der Waals surface area contributed by atoms with Gasteiger partial charge in [-0.2, -0.15) is 5.26 Å². The minimum atomic E-state index is 0.00116. The molecule has 11 heavy (non-hydrogen) atoms. The molecule has 0 aliphatic rings. The predicted octanol–water partition coefficient (Wildman–Crippen LogP) is 2.26. The Morgan fingerprint density at radius 3 is 2.55 bits per heavy atom. The van der Waals surface area contributed by atoms with Gasteiger partial charge in [-0.3, -0.25) is 0 Å². The Kier molecular flexibility index (Phi) is 2.00. The zero-order valence-electron chi connectivity index (χ0n) is 7.10. The molecule has 0 saturated heterocycles. The van der Waals surface area contributed by atoms with Gasteiger partial charge in [-0.15, -0.1) is 0 Å². The number of nitriles is 1. The van der Waals surface area contributed by atoms with Crippen LogP contribution < -0.4 is 0 Å². The zero-order chi connectivity index (χ0) is 8.43. The lowest BCUT2D eigenvalue weighted by Gasteiger charge is -2.02. The van der Waals surface area contributed by atoms with Crippen LogP contribution in [0, 0.1) is 25.2 Å². The zero-order valence-corrected chi connectivity index (χ0v) is 7.10. The molecule has 1 unspecified atom stereocenters. The molecule has 0 aromatic carbocycles. The Hall–Kier alpha value is -1.23. The largest absolute Gasteiger partial charge is 0.365 e. The topological polar surface area (TPSA) is 39.6 Å². The number of nitrogens with zero attached hydrogens (tertiary/aromatic N) is 1. The highest BCUT2D eigenvalue weighted by molar-refractivity contribution is 5.35. The number of aromatic amines is 1. The van der Waals surface area contributed by atoms with Crippen LogP contribution in [0.3, 0.4) is 0 Å². The van der Waals surface area contributed by atoms with E-state index in [2.05, 4.69) is 11.1 Å². The minimum absolute atomic E-state index is 0.00116. The van der Waals surface area contributed by atoms with Crippen molar-refractivity contribution in [3.8, 4) is 6.07 Å². The molecule has 0 saturated carbocycles. The van der Waals surface area contributed by atoms with Gasteiger partial charge in [0.2, 0.25) is 0 Å². The Bertz CT molecular complexity index is 272. The summed E-state index contributed by atoms with van der Waals surface area (Å²) in [6.07, 6.45) is 1.94. The van der Waals surface area contributed by atoms with Crippen LogP contribution in [0.25, 0.3) is 0 Å². The molecular weight excluding hydrogens is 136 g/mol. The molecular formula is C9H12N2. The number of nitrogens with one attached hydrogen (secondary N) is 1. The van der Waals surface area contributed by atoms with Gasteiger partial charge in [0.25, 0.3) is 0 Å². The summed E-state index contributed by atoms with van der Waals surface area (Å²) in [6.45, 7) is 5.94. The van der Waals surface area contributed by atoms with E-state index in [-0.39, 0.29) is 5.92 Å². The summed E-state index contributed by atoms with van der Waals surface area (Å²) in [5.41, 5.74) is 3.43. The average molecular weight is 148 g/mol. The van der Waals surface area contributed by atoms with Crippen LogP contribution in [0.4, 0.5) is 0 Å². The number of hydrogen-bond acceptors (Lipinski definition) is 1. The van der Waals surface area contributed by atoms with E-state index in [1.165, 1.54) is 5.56 Å². The van der Waals surface area contributed by atoms with E-state index >= 15 is 0 Å². The first-order valence-electron chi connectivity index (χ1n) is 3.71. The van der Waals surface area contributed by atoms with Crippen molar-refractivity contribution >= 4 is 0 Å². The Morgan fingerprint density at radius 2 is 2.18 bits per heavy atom. The molecule has 0 fully saturated rings. The Labute approximate surface area is 66.9 Å². The predicted molar refractivity (Wildman–Crippen MR) is 44.3 cm³/mol. The molecule has 2 nitrogen and oxygen atoms in total. The Morgan fingerprint density at radius 1 is 1.55 bits per heavy atom. The second-order valence-electron chi connectivity index (χ2n) is 2.86. The van der Waals surface area contributed by atoms with Crippen molar-refractivity contribution in [1.29, 1.82) is 5.26 Å². The molecule has 0 bridgehead atoms. The number of hydrogen-bond donors (Lipinski definition) is 1. The summed E-state index contributed by atoms with van der Waals surface area (Å²) in [5.74, 6) is 0.00116. The lowest BCUT2D eigenvalue weighted by Crippen LogP contribution is -1.92. The van der Waals surface area contributed by atoms with Gasteiger partial charge in [-0.25, -0.2) is 0 Å². The summed E-state index contributed by atoms with van der Waals surface area (Å²) < 4.78 is 0. The van der Waals surface area contributed by atoms with E-state index in [0.717, 1.165) is 11.3 Å². The smallest absolute Gasteiger partial charge is 0.0704 e. The molecule has 1 N–H and O–H groups in total. The fourth-order valence-corrected chi connectivity index (χ4v) is 1.40. The number of aromatic nitrogens is 1. The fourth-order valence-electron chi connectivity index (χ4n) is 1.40. The molecule has 0 spiro atoms. The molecule has 1 atom stereocenters. The van der Waals surface area contributed by atoms with Crippen molar-refractivity contribution in [2.45, 2.75) is 26.7 Å². The maximum absolute atomic E-state index is 8.69. The van der Waals surface area contributed by atoms with Gasteiger partial charge in [-0.1, -0.05) is 0 Å². The maximum Gasteiger partial charge on any atom is 0.0704 e. The minimum Gasteiger partial charge on any atom is -0.365 e. The number of rotatable bonds is 1. The van der Waals surface area contributed by atoms with Crippen LogP contribution in [-0.4, -0.2) is 4.98 Å². The van der Waals surface area contributed by atoms with E-state index in [0.29, 0.717) is 0 Å². The highest BCUT2D eigenvalue weighted by Crippen LogP contribution is 2.21. The monoisotopic (exact) mass is 148 g/mol. The molecule has 0 radical (unpaired) electrons. The summed E-state index contributed by atoms with van der Waals surface area (Å²) in [6, 6.07) is 2.23. The standard InChI is InChI=1S/C9H12N2/c1-6(4-10)9-7(2)5-11-8(9)3/h5-6,11H,1-3H3. The maximum atomic E-state index is 8.69. The van der Waals surface area contributed by atoms with Crippen molar-refractivity contribution in [2.75, 3.05) is 0 Å². The van der Waals surface area contributed by atoms with Gasteiger partial charge in [0.1, 0.15) is 0 Å². The van der Waals surface area contributed by atoms with E-state index in [1.807, 2.05) is 27.0 Å². The lowest BCUT2D eigenvalue weighted by atomic mass is 10.00. The average Bonchev–Trinajstić information content (AvgIpc) is 2.30. The van der Waals surface area contributed by atoms with Crippen LogP contribution in [0.1, 0.15) is 29.7 Å². The molecule has 0 aliphatic heterocycles. The lowest BCUT2D eigenvalue weighted by molar-refractivity contribution is 0.954. The molecule has 0 amide bonds. The van der Waals surface area contributed by atoms with Gasteiger partial charge in [-0.05, 0) is 31.9 Å². The van der Waals surface area contributed by atoms with E-state index in [1.54, 1.807) is 0 Å². The molecule has 2 heteroatoms. The van der Waals surface area contributed by atoms with Crippen molar-refractivity contribution in [3.63, 3.8) is 0 Å². The number of aryl methyl sites for hydroxylation is 2. The summed E-state index contributed by atoms with van der Waals surface area (Å²) in [5, 5.41) is 8.69. The first-order valence-corrected chi connectivity index (χ1v) is 3.71. The third-order valence-corrected chi connectivity index (χ3v) is 1.96. The van der Waals surface area contributed by atoms with Crippen molar-refractivity contribution < 1.29 is 0 Å². The third kappa shape index (κ3) is 1.27. The molecule has 1 aromatic heterocycles.